The maximum Gasteiger partial charge on any atom is 0.247 e. The maximum absolute atomic E-state index is 12.6. The Bertz CT molecular complexity index is 545. The van der Waals surface area contributed by atoms with E-state index in [-0.39, 0.29) is 11.5 Å². The number of carbonyl (C=O) groups is 1. The predicted octanol–water partition coefficient (Wildman–Crippen LogP) is 2.44. The van der Waals surface area contributed by atoms with Crippen LogP contribution in [-0.2, 0) is 9.53 Å². The highest BCUT2D eigenvalue weighted by atomic mass is 16.5. The summed E-state index contributed by atoms with van der Waals surface area (Å²) in [7, 11) is 0. The SMILES string of the molecule is C/C(=C\C(=O)N1CCOC2(CCCCC2)C1)c1cnccn1. The molecule has 1 aromatic rings. The molecule has 0 bridgehead atoms. The molecule has 0 N–H and O–H groups in total. The van der Waals surface area contributed by atoms with Crippen molar-refractivity contribution < 1.29 is 9.53 Å². The van der Waals surface area contributed by atoms with E-state index in [4.69, 9.17) is 4.74 Å². The Balaban J connectivity index is 1.69. The van der Waals surface area contributed by atoms with Gasteiger partial charge in [0.05, 0.1) is 30.6 Å². The summed E-state index contributed by atoms with van der Waals surface area (Å²) in [6, 6.07) is 0. The standard InChI is InChI=1S/C17H23N3O2/c1-14(15-12-18-7-8-19-15)11-16(21)20-9-10-22-17(13-20)5-3-2-4-6-17/h7-8,11-12H,2-6,9-10,13H2,1H3/b14-11+. The van der Waals surface area contributed by atoms with E-state index in [0.29, 0.717) is 13.2 Å². The molecule has 1 saturated heterocycles. The summed E-state index contributed by atoms with van der Waals surface area (Å²) in [6.07, 6.45) is 12.5. The molecule has 0 radical (unpaired) electrons. The van der Waals surface area contributed by atoms with E-state index in [2.05, 4.69) is 9.97 Å². The van der Waals surface area contributed by atoms with Gasteiger partial charge in [-0.2, -0.15) is 0 Å². The van der Waals surface area contributed by atoms with E-state index < -0.39 is 0 Å². The van der Waals surface area contributed by atoms with Crippen molar-refractivity contribution in [2.45, 2.75) is 44.6 Å². The molecule has 5 heteroatoms. The molecule has 1 aliphatic carbocycles. The average molecular weight is 301 g/mol. The van der Waals surface area contributed by atoms with Gasteiger partial charge >= 0.3 is 0 Å². The van der Waals surface area contributed by atoms with Gasteiger partial charge in [0.25, 0.3) is 0 Å². The Morgan fingerprint density at radius 3 is 2.86 bits per heavy atom. The minimum Gasteiger partial charge on any atom is -0.371 e. The number of nitrogens with zero attached hydrogens (tertiary/aromatic N) is 3. The van der Waals surface area contributed by atoms with Crippen LogP contribution in [0.1, 0.15) is 44.7 Å². The highest BCUT2D eigenvalue weighted by Crippen LogP contribution is 2.34. The van der Waals surface area contributed by atoms with Crippen LogP contribution in [-0.4, -0.2) is 46.1 Å². The number of amides is 1. The first-order valence-electron chi connectivity index (χ1n) is 8.06. The highest BCUT2D eigenvalue weighted by molar-refractivity contribution is 5.94. The number of hydrogen-bond donors (Lipinski definition) is 0. The second-order valence-corrected chi connectivity index (χ2v) is 6.27. The molecule has 2 aliphatic rings. The third kappa shape index (κ3) is 3.35. The fourth-order valence-corrected chi connectivity index (χ4v) is 3.38. The largest absolute Gasteiger partial charge is 0.371 e. The molecule has 1 aliphatic heterocycles. The Morgan fingerprint density at radius 1 is 1.32 bits per heavy atom. The van der Waals surface area contributed by atoms with Gasteiger partial charge in [-0.3, -0.25) is 14.8 Å². The van der Waals surface area contributed by atoms with E-state index in [1.807, 2.05) is 11.8 Å². The van der Waals surface area contributed by atoms with Crippen LogP contribution in [0.3, 0.4) is 0 Å². The van der Waals surface area contributed by atoms with Crippen LogP contribution in [0.25, 0.3) is 5.57 Å². The molecular formula is C17H23N3O2. The van der Waals surface area contributed by atoms with Crippen molar-refractivity contribution in [3.8, 4) is 0 Å². The zero-order valence-electron chi connectivity index (χ0n) is 13.1. The second-order valence-electron chi connectivity index (χ2n) is 6.27. The number of rotatable bonds is 2. The van der Waals surface area contributed by atoms with Gasteiger partial charge in [-0.25, -0.2) is 0 Å². The summed E-state index contributed by atoms with van der Waals surface area (Å²) in [5, 5.41) is 0. The van der Waals surface area contributed by atoms with E-state index in [1.165, 1.54) is 19.3 Å². The van der Waals surface area contributed by atoms with Crippen LogP contribution < -0.4 is 0 Å². The third-order valence-electron chi connectivity index (χ3n) is 4.63. The molecule has 1 aromatic heterocycles. The van der Waals surface area contributed by atoms with Crippen molar-refractivity contribution in [1.82, 2.24) is 14.9 Å². The summed E-state index contributed by atoms with van der Waals surface area (Å²) in [5.41, 5.74) is 1.50. The first-order valence-corrected chi connectivity index (χ1v) is 8.06. The van der Waals surface area contributed by atoms with Crippen LogP contribution >= 0.6 is 0 Å². The zero-order valence-corrected chi connectivity index (χ0v) is 13.1. The van der Waals surface area contributed by atoms with Gasteiger partial charge in [0.1, 0.15) is 0 Å². The summed E-state index contributed by atoms with van der Waals surface area (Å²) >= 11 is 0. The summed E-state index contributed by atoms with van der Waals surface area (Å²) in [4.78, 5) is 22.8. The molecule has 22 heavy (non-hydrogen) atoms. The molecule has 1 saturated carbocycles. The fourth-order valence-electron chi connectivity index (χ4n) is 3.38. The summed E-state index contributed by atoms with van der Waals surface area (Å²) in [6.45, 7) is 3.93. The quantitative estimate of drug-likeness (QED) is 0.787. The highest BCUT2D eigenvalue weighted by Gasteiger charge is 2.38. The monoisotopic (exact) mass is 301 g/mol. The van der Waals surface area contributed by atoms with Crippen molar-refractivity contribution in [3.63, 3.8) is 0 Å². The number of allylic oxidation sites excluding steroid dienone is 1. The van der Waals surface area contributed by atoms with E-state index >= 15 is 0 Å². The summed E-state index contributed by atoms with van der Waals surface area (Å²) in [5.74, 6) is 0.0522. The molecule has 5 nitrogen and oxygen atoms in total. The van der Waals surface area contributed by atoms with Crippen LogP contribution in [0.4, 0.5) is 0 Å². The van der Waals surface area contributed by atoms with Crippen molar-refractivity contribution in [1.29, 1.82) is 0 Å². The topological polar surface area (TPSA) is 55.3 Å². The molecule has 1 spiro atoms. The van der Waals surface area contributed by atoms with Crippen LogP contribution in [0.15, 0.2) is 24.7 Å². The number of carbonyl (C=O) groups excluding carboxylic acids is 1. The van der Waals surface area contributed by atoms with Crippen LogP contribution in [0.2, 0.25) is 0 Å². The normalized spacial score (nSPS) is 21.9. The van der Waals surface area contributed by atoms with Gasteiger partial charge in [-0.1, -0.05) is 19.3 Å². The van der Waals surface area contributed by atoms with Crippen LogP contribution in [0, 0.1) is 0 Å². The Hall–Kier alpha value is -1.75. The predicted molar refractivity (Wildman–Crippen MR) is 84.0 cm³/mol. The van der Waals surface area contributed by atoms with Crippen molar-refractivity contribution in [2.24, 2.45) is 0 Å². The minimum absolute atomic E-state index is 0.0522. The minimum atomic E-state index is -0.0968. The molecular weight excluding hydrogens is 278 g/mol. The smallest absolute Gasteiger partial charge is 0.247 e. The second kappa shape index (κ2) is 6.57. The van der Waals surface area contributed by atoms with Gasteiger partial charge in [-0.15, -0.1) is 0 Å². The average Bonchev–Trinajstić information content (AvgIpc) is 2.56. The Morgan fingerprint density at radius 2 is 2.14 bits per heavy atom. The number of aromatic nitrogens is 2. The lowest BCUT2D eigenvalue weighted by molar-refractivity contribution is -0.152. The lowest BCUT2D eigenvalue weighted by Crippen LogP contribution is -2.54. The molecule has 1 amide bonds. The first-order chi connectivity index (χ1) is 10.7. The van der Waals surface area contributed by atoms with Gasteiger partial charge in [-0.05, 0) is 25.3 Å². The maximum atomic E-state index is 12.6. The fraction of sp³-hybridized carbons (Fsp3) is 0.588. The third-order valence-corrected chi connectivity index (χ3v) is 4.63. The lowest BCUT2D eigenvalue weighted by Gasteiger charge is -2.44. The molecule has 0 aromatic carbocycles. The van der Waals surface area contributed by atoms with Gasteiger partial charge < -0.3 is 9.64 Å². The van der Waals surface area contributed by atoms with Crippen molar-refractivity contribution >= 4 is 11.5 Å². The van der Waals surface area contributed by atoms with E-state index in [1.54, 1.807) is 24.7 Å². The molecule has 0 unspecified atom stereocenters. The van der Waals surface area contributed by atoms with E-state index in [9.17, 15) is 4.79 Å². The molecule has 118 valence electrons. The molecule has 2 heterocycles. The first kappa shape index (κ1) is 15.2. The number of morpholine rings is 1. The Labute approximate surface area is 131 Å². The van der Waals surface area contributed by atoms with Crippen LogP contribution in [0.5, 0.6) is 0 Å². The number of hydrogen-bond acceptors (Lipinski definition) is 4. The Kier molecular flexibility index (Phi) is 4.52. The van der Waals surface area contributed by atoms with Gasteiger partial charge in [0.15, 0.2) is 0 Å². The van der Waals surface area contributed by atoms with Gasteiger partial charge in [0.2, 0.25) is 5.91 Å². The molecule has 2 fully saturated rings. The molecule has 0 atom stereocenters. The number of ether oxygens (including phenoxy) is 1. The summed E-state index contributed by atoms with van der Waals surface area (Å²) < 4.78 is 6.04. The zero-order chi connectivity index (χ0) is 15.4. The van der Waals surface area contributed by atoms with Crippen molar-refractivity contribution in [3.05, 3.63) is 30.4 Å². The lowest BCUT2D eigenvalue weighted by atomic mass is 9.83. The van der Waals surface area contributed by atoms with E-state index in [0.717, 1.165) is 30.7 Å². The van der Waals surface area contributed by atoms with Gasteiger partial charge in [0, 0.05) is 25.0 Å². The van der Waals surface area contributed by atoms with Crippen molar-refractivity contribution in [2.75, 3.05) is 19.7 Å². The molecule has 3 rings (SSSR count).